The lowest BCUT2D eigenvalue weighted by atomic mass is 10.1. The van der Waals surface area contributed by atoms with E-state index in [2.05, 4.69) is 40.8 Å². The van der Waals surface area contributed by atoms with Gasteiger partial charge in [0.25, 0.3) is 0 Å². The molecule has 2 aromatic rings. The van der Waals surface area contributed by atoms with Gasteiger partial charge in [-0.25, -0.2) is 9.97 Å². The number of fused-ring (bicyclic) bond motifs is 1. The van der Waals surface area contributed by atoms with Crippen LogP contribution < -0.4 is 20.1 Å². The molecule has 1 saturated heterocycles. The van der Waals surface area contributed by atoms with Crippen molar-refractivity contribution < 1.29 is 14.2 Å². The van der Waals surface area contributed by atoms with Crippen LogP contribution in [0.25, 0.3) is 10.9 Å². The monoisotopic (exact) mass is 374 g/mol. The number of anilines is 1. The molecule has 7 nitrogen and oxygen atoms in total. The van der Waals surface area contributed by atoms with Crippen molar-refractivity contribution in [3.63, 3.8) is 0 Å². The molecule has 1 aliphatic heterocycles. The average Bonchev–Trinajstić information content (AvgIpc) is 2.71. The third kappa shape index (κ3) is 4.78. The predicted octanol–water partition coefficient (Wildman–Crippen LogP) is 2.76. The molecule has 0 saturated carbocycles. The van der Waals surface area contributed by atoms with Gasteiger partial charge in [0.1, 0.15) is 17.5 Å². The zero-order valence-corrected chi connectivity index (χ0v) is 16.5. The van der Waals surface area contributed by atoms with Gasteiger partial charge in [-0.05, 0) is 32.3 Å². The summed E-state index contributed by atoms with van der Waals surface area (Å²) in [5.74, 6) is 1.28. The Hall–Kier alpha value is -2.12. The van der Waals surface area contributed by atoms with Gasteiger partial charge in [-0.3, -0.25) is 0 Å². The second-order valence-corrected chi connectivity index (χ2v) is 6.99. The van der Waals surface area contributed by atoms with E-state index in [1.54, 1.807) is 7.11 Å². The first-order chi connectivity index (χ1) is 13.1. The number of hydrogen-bond donors (Lipinski definition) is 1. The highest BCUT2D eigenvalue weighted by atomic mass is 16.5. The van der Waals surface area contributed by atoms with Crippen molar-refractivity contribution in [2.75, 3.05) is 38.3 Å². The third-order valence-electron chi connectivity index (χ3n) is 5.02. The highest BCUT2D eigenvalue weighted by molar-refractivity contribution is 5.92. The van der Waals surface area contributed by atoms with Crippen molar-refractivity contribution >= 4 is 16.6 Å². The molecule has 148 valence electrons. The number of aromatic nitrogens is 2. The molecular weight excluding hydrogens is 344 g/mol. The van der Waals surface area contributed by atoms with E-state index in [-0.39, 0.29) is 12.1 Å². The Bertz CT molecular complexity index is 749. The number of nitrogens with zero attached hydrogens (tertiary/aromatic N) is 3. The van der Waals surface area contributed by atoms with Crippen molar-refractivity contribution in [1.82, 2.24) is 9.97 Å². The standard InChI is InChI=1S/C20H30N4O3/c1-4-15(21)6-5-14(2)27-18-12-16(24-7-9-26-10-8-24)11-17-19(18)20(25-3)23-13-22-17/h11-15H,4-10,21H2,1-3H3/t14-,15+/m0/s1. The quantitative estimate of drug-likeness (QED) is 0.761. The normalized spacial score (nSPS) is 17.0. The molecule has 0 bridgehead atoms. The van der Waals surface area contributed by atoms with Gasteiger partial charge >= 0.3 is 0 Å². The Morgan fingerprint density at radius 1 is 1.22 bits per heavy atom. The summed E-state index contributed by atoms with van der Waals surface area (Å²) in [6.45, 7) is 7.35. The molecule has 2 heterocycles. The van der Waals surface area contributed by atoms with Crippen LogP contribution >= 0.6 is 0 Å². The van der Waals surface area contributed by atoms with Crippen LogP contribution in [-0.4, -0.2) is 55.5 Å². The summed E-state index contributed by atoms with van der Waals surface area (Å²) in [5, 5.41) is 0.809. The Balaban J connectivity index is 1.92. The van der Waals surface area contributed by atoms with Crippen LogP contribution in [-0.2, 0) is 4.74 Å². The first-order valence-corrected chi connectivity index (χ1v) is 9.70. The SMILES string of the molecule is CC[C@@H](N)CC[C@H](C)Oc1cc(N2CCOCC2)cc2ncnc(OC)c12. The minimum absolute atomic E-state index is 0.0376. The summed E-state index contributed by atoms with van der Waals surface area (Å²) in [7, 11) is 1.62. The number of rotatable bonds is 8. The van der Waals surface area contributed by atoms with Crippen LogP contribution in [0.2, 0.25) is 0 Å². The van der Waals surface area contributed by atoms with Gasteiger partial charge < -0.3 is 24.8 Å². The van der Waals surface area contributed by atoms with E-state index in [0.717, 1.165) is 67.9 Å². The molecular formula is C20H30N4O3. The fourth-order valence-electron chi connectivity index (χ4n) is 3.29. The fraction of sp³-hybridized carbons (Fsp3) is 0.600. The van der Waals surface area contributed by atoms with Gasteiger partial charge in [0.15, 0.2) is 0 Å². The molecule has 0 amide bonds. The maximum Gasteiger partial charge on any atom is 0.228 e. The first-order valence-electron chi connectivity index (χ1n) is 9.70. The smallest absolute Gasteiger partial charge is 0.228 e. The van der Waals surface area contributed by atoms with Gasteiger partial charge in [-0.2, -0.15) is 0 Å². The van der Waals surface area contributed by atoms with Crippen LogP contribution in [0.1, 0.15) is 33.1 Å². The van der Waals surface area contributed by atoms with Crippen molar-refractivity contribution in [2.24, 2.45) is 5.73 Å². The predicted molar refractivity (Wildman–Crippen MR) is 107 cm³/mol. The van der Waals surface area contributed by atoms with E-state index in [1.165, 1.54) is 6.33 Å². The van der Waals surface area contributed by atoms with E-state index >= 15 is 0 Å². The summed E-state index contributed by atoms with van der Waals surface area (Å²) in [6, 6.07) is 4.34. The highest BCUT2D eigenvalue weighted by Crippen LogP contribution is 2.36. The second-order valence-electron chi connectivity index (χ2n) is 6.99. The van der Waals surface area contributed by atoms with Crippen molar-refractivity contribution in [2.45, 2.75) is 45.3 Å². The summed E-state index contributed by atoms with van der Waals surface area (Å²) < 4.78 is 17.3. The number of ether oxygens (including phenoxy) is 3. The summed E-state index contributed by atoms with van der Waals surface area (Å²) in [5.41, 5.74) is 7.96. The molecule has 0 spiro atoms. The van der Waals surface area contributed by atoms with Crippen LogP contribution in [0.4, 0.5) is 5.69 Å². The zero-order chi connectivity index (χ0) is 19.2. The zero-order valence-electron chi connectivity index (χ0n) is 16.5. The van der Waals surface area contributed by atoms with Crippen LogP contribution in [0.15, 0.2) is 18.5 Å². The lowest BCUT2D eigenvalue weighted by molar-refractivity contribution is 0.122. The van der Waals surface area contributed by atoms with Gasteiger partial charge in [0.05, 0.1) is 31.9 Å². The minimum Gasteiger partial charge on any atom is -0.490 e. The van der Waals surface area contributed by atoms with Gasteiger partial charge in [-0.15, -0.1) is 0 Å². The molecule has 0 aliphatic carbocycles. The van der Waals surface area contributed by atoms with Crippen LogP contribution in [0.3, 0.4) is 0 Å². The topological polar surface area (TPSA) is 82.7 Å². The van der Waals surface area contributed by atoms with Crippen molar-refractivity contribution in [1.29, 1.82) is 0 Å². The molecule has 0 radical (unpaired) electrons. The molecule has 1 aromatic carbocycles. The molecule has 1 aromatic heterocycles. The average molecular weight is 374 g/mol. The Morgan fingerprint density at radius 3 is 2.70 bits per heavy atom. The molecule has 2 N–H and O–H groups in total. The van der Waals surface area contributed by atoms with Crippen molar-refractivity contribution in [3.8, 4) is 11.6 Å². The highest BCUT2D eigenvalue weighted by Gasteiger charge is 2.19. The molecule has 7 heteroatoms. The van der Waals surface area contributed by atoms with Crippen LogP contribution in [0, 0.1) is 0 Å². The van der Waals surface area contributed by atoms with E-state index in [1.807, 2.05) is 0 Å². The Morgan fingerprint density at radius 2 is 2.00 bits per heavy atom. The number of nitrogens with two attached hydrogens (primary N) is 1. The van der Waals surface area contributed by atoms with Gasteiger partial charge in [0, 0.05) is 30.9 Å². The van der Waals surface area contributed by atoms with Crippen molar-refractivity contribution in [3.05, 3.63) is 18.5 Å². The van der Waals surface area contributed by atoms with E-state index < -0.39 is 0 Å². The molecule has 0 unspecified atom stereocenters. The molecule has 2 atom stereocenters. The van der Waals surface area contributed by atoms with E-state index in [4.69, 9.17) is 19.9 Å². The minimum atomic E-state index is 0.0376. The summed E-state index contributed by atoms with van der Waals surface area (Å²) in [6.07, 6.45) is 4.37. The Kier molecular flexibility index (Phi) is 6.68. The lowest BCUT2D eigenvalue weighted by Crippen LogP contribution is -2.36. The molecule has 1 aliphatic rings. The maximum atomic E-state index is 6.32. The summed E-state index contributed by atoms with van der Waals surface area (Å²) in [4.78, 5) is 11.0. The van der Waals surface area contributed by atoms with Crippen LogP contribution in [0.5, 0.6) is 11.6 Å². The largest absolute Gasteiger partial charge is 0.490 e. The first kappa shape index (κ1) is 19.6. The second kappa shape index (κ2) is 9.19. The van der Waals surface area contributed by atoms with Gasteiger partial charge in [0.2, 0.25) is 5.88 Å². The number of morpholine rings is 1. The molecule has 27 heavy (non-hydrogen) atoms. The van der Waals surface area contributed by atoms with E-state index in [9.17, 15) is 0 Å². The third-order valence-corrected chi connectivity index (χ3v) is 5.02. The molecule has 3 rings (SSSR count). The molecule has 1 fully saturated rings. The number of methoxy groups -OCH3 is 1. The summed E-state index contributed by atoms with van der Waals surface area (Å²) >= 11 is 0. The van der Waals surface area contributed by atoms with Gasteiger partial charge in [-0.1, -0.05) is 6.92 Å². The maximum absolute atomic E-state index is 6.32. The fourth-order valence-corrected chi connectivity index (χ4v) is 3.29. The lowest BCUT2D eigenvalue weighted by Gasteiger charge is -2.29. The van der Waals surface area contributed by atoms with E-state index in [0.29, 0.717) is 5.88 Å². The Labute approximate surface area is 160 Å². The number of hydrogen-bond acceptors (Lipinski definition) is 7. The number of benzene rings is 1.